The summed E-state index contributed by atoms with van der Waals surface area (Å²) in [5.74, 6) is 1.63. The van der Waals surface area contributed by atoms with Crippen LogP contribution in [0.2, 0.25) is 0 Å². The molecule has 0 amide bonds. The van der Waals surface area contributed by atoms with Crippen LogP contribution in [0.15, 0.2) is 12.5 Å². The van der Waals surface area contributed by atoms with Gasteiger partial charge in [0.05, 0.1) is 6.33 Å². The van der Waals surface area contributed by atoms with E-state index in [0.29, 0.717) is 5.92 Å². The van der Waals surface area contributed by atoms with Crippen molar-refractivity contribution in [1.29, 1.82) is 0 Å². The van der Waals surface area contributed by atoms with E-state index in [1.807, 2.05) is 6.33 Å². The molecule has 3 heteroatoms. The van der Waals surface area contributed by atoms with Crippen molar-refractivity contribution in [2.24, 2.45) is 5.92 Å². The minimum Gasteiger partial charge on any atom is -0.331 e. The molecule has 0 atom stereocenters. The maximum absolute atomic E-state index is 4.29. The first-order valence-corrected chi connectivity index (χ1v) is 5.57. The highest BCUT2D eigenvalue weighted by atomic mass is 15.1. The van der Waals surface area contributed by atoms with Crippen LogP contribution in [0.5, 0.6) is 0 Å². The van der Waals surface area contributed by atoms with Gasteiger partial charge in [0, 0.05) is 36.9 Å². The van der Waals surface area contributed by atoms with Gasteiger partial charge >= 0.3 is 0 Å². The number of hydrogen-bond acceptors (Lipinski definition) is 2. The summed E-state index contributed by atoms with van der Waals surface area (Å²) in [5, 5.41) is 3.32. The molecule has 1 saturated heterocycles. The molecule has 0 bridgehead atoms. The highest BCUT2D eigenvalue weighted by Crippen LogP contribution is 2.39. The third-order valence-corrected chi connectivity index (χ3v) is 3.64. The number of aromatic nitrogens is 2. The van der Waals surface area contributed by atoms with Crippen LogP contribution in [0.25, 0.3) is 0 Å². The summed E-state index contributed by atoms with van der Waals surface area (Å²) in [4.78, 5) is 4.29. The lowest BCUT2D eigenvalue weighted by atomic mass is 9.81. The smallest absolute Gasteiger partial charge is 0.0950 e. The summed E-state index contributed by atoms with van der Waals surface area (Å²) in [6.45, 7) is 4.60. The molecule has 2 heterocycles. The van der Waals surface area contributed by atoms with Gasteiger partial charge in [-0.05, 0) is 18.8 Å². The summed E-state index contributed by atoms with van der Waals surface area (Å²) < 4.78 is 2.41. The fourth-order valence-corrected chi connectivity index (χ4v) is 2.52. The Kier molecular flexibility index (Phi) is 1.87. The van der Waals surface area contributed by atoms with Gasteiger partial charge in [-0.1, -0.05) is 6.92 Å². The molecule has 1 aromatic heterocycles. The van der Waals surface area contributed by atoms with Crippen molar-refractivity contribution < 1.29 is 0 Å². The third kappa shape index (κ3) is 1.19. The standard InChI is InChI=1S/C11H17N3/c1-8-2-10(3-8)14-7-13-6-11(14)9-4-12-5-9/h6-10,12H,2-5H2,1H3. The SMILES string of the molecule is CC1CC(n2cncc2C2CNC2)C1. The van der Waals surface area contributed by atoms with E-state index in [1.54, 1.807) is 0 Å². The van der Waals surface area contributed by atoms with E-state index < -0.39 is 0 Å². The van der Waals surface area contributed by atoms with Gasteiger partial charge in [0.25, 0.3) is 0 Å². The van der Waals surface area contributed by atoms with Crippen LogP contribution < -0.4 is 5.32 Å². The Balaban J connectivity index is 1.79. The van der Waals surface area contributed by atoms with Gasteiger partial charge < -0.3 is 9.88 Å². The number of rotatable bonds is 2. The average Bonchev–Trinajstić information content (AvgIpc) is 2.44. The van der Waals surface area contributed by atoms with Crippen LogP contribution in [-0.2, 0) is 0 Å². The van der Waals surface area contributed by atoms with Crippen LogP contribution in [0.4, 0.5) is 0 Å². The summed E-state index contributed by atoms with van der Waals surface area (Å²) in [6, 6.07) is 0.739. The second-order valence-electron chi connectivity index (χ2n) is 4.81. The van der Waals surface area contributed by atoms with Crippen LogP contribution in [0, 0.1) is 5.92 Å². The number of nitrogens with zero attached hydrogens (tertiary/aromatic N) is 2. The van der Waals surface area contributed by atoms with Crippen molar-refractivity contribution in [3.05, 3.63) is 18.2 Å². The first-order chi connectivity index (χ1) is 6.84. The Hall–Kier alpha value is -0.830. The molecular weight excluding hydrogens is 174 g/mol. The summed E-state index contributed by atoms with van der Waals surface area (Å²) in [5.41, 5.74) is 1.45. The highest BCUT2D eigenvalue weighted by molar-refractivity contribution is 5.13. The second kappa shape index (κ2) is 3.09. The maximum atomic E-state index is 4.29. The van der Waals surface area contributed by atoms with Gasteiger partial charge in [-0.2, -0.15) is 0 Å². The lowest BCUT2D eigenvalue weighted by Gasteiger charge is -2.37. The molecule has 1 aromatic rings. The van der Waals surface area contributed by atoms with Gasteiger partial charge in [0.1, 0.15) is 0 Å². The van der Waals surface area contributed by atoms with Gasteiger partial charge in [-0.3, -0.25) is 0 Å². The number of nitrogens with one attached hydrogen (secondary N) is 1. The number of imidazole rings is 1. The molecule has 2 fully saturated rings. The first kappa shape index (κ1) is 8.48. The largest absolute Gasteiger partial charge is 0.331 e. The molecule has 76 valence electrons. The molecular formula is C11H17N3. The Morgan fingerprint density at radius 1 is 1.43 bits per heavy atom. The minimum absolute atomic E-state index is 0.716. The molecule has 1 N–H and O–H groups in total. The zero-order chi connectivity index (χ0) is 9.54. The van der Waals surface area contributed by atoms with E-state index in [2.05, 4.69) is 28.0 Å². The second-order valence-corrected chi connectivity index (χ2v) is 4.81. The van der Waals surface area contributed by atoms with Crippen LogP contribution in [0.3, 0.4) is 0 Å². The van der Waals surface area contributed by atoms with Crippen LogP contribution >= 0.6 is 0 Å². The van der Waals surface area contributed by atoms with Gasteiger partial charge in [0.15, 0.2) is 0 Å². The third-order valence-electron chi connectivity index (χ3n) is 3.64. The van der Waals surface area contributed by atoms with E-state index in [9.17, 15) is 0 Å². The molecule has 1 aliphatic heterocycles. The topological polar surface area (TPSA) is 29.9 Å². The summed E-state index contributed by atoms with van der Waals surface area (Å²) >= 11 is 0. The fourth-order valence-electron chi connectivity index (χ4n) is 2.52. The minimum atomic E-state index is 0.716. The molecule has 14 heavy (non-hydrogen) atoms. The van der Waals surface area contributed by atoms with Crippen molar-refractivity contribution in [2.45, 2.75) is 31.7 Å². The predicted octanol–water partition coefficient (Wildman–Crippen LogP) is 1.54. The monoisotopic (exact) mass is 191 g/mol. The molecule has 2 aliphatic rings. The Morgan fingerprint density at radius 2 is 2.21 bits per heavy atom. The molecule has 3 nitrogen and oxygen atoms in total. The van der Waals surface area contributed by atoms with Crippen molar-refractivity contribution in [2.75, 3.05) is 13.1 Å². The van der Waals surface area contributed by atoms with Crippen LogP contribution in [0.1, 0.15) is 37.4 Å². The molecule has 1 saturated carbocycles. The Morgan fingerprint density at radius 3 is 2.79 bits per heavy atom. The fraction of sp³-hybridized carbons (Fsp3) is 0.727. The van der Waals surface area contributed by atoms with Crippen molar-refractivity contribution in [3.63, 3.8) is 0 Å². The zero-order valence-corrected chi connectivity index (χ0v) is 8.61. The Bertz CT molecular complexity index is 321. The van der Waals surface area contributed by atoms with E-state index >= 15 is 0 Å². The van der Waals surface area contributed by atoms with Crippen LogP contribution in [-0.4, -0.2) is 22.6 Å². The van der Waals surface area contributed by atoms with E-state index in [1.165, 1.54) is 18.5 Å². The molecule has 0 spiro atoms. The normalized spacial score (nSPS) is 32.4. The first-order valence-electron chi connectivity index (χ1n) is 5.57. The quantitative estimate of drug-likeness (QED) is 0.768. The highest BCUT2D eigenvalue weighted by Gasteiger charge is 2.31. The van der Waals surface area contributed by atoms with Crippen molar-refractivity contribution in [1.82, 2.24) is 14.9 Å². The van der Waals surface area contributed by atoms with Gasteiger partial charge in [-0.25, -0.2) is 4.98 Å². The van der Waals surface area contributed by atoms with E-state index in [-0.39, 0.29) is 0 Å². The van der Waals surface area contributed by atoms with E-state index in [4.69, 9.17) is 0 Å². The van der Waals surface area contributed by atoms with Gasteiger partial charge in [-0.15, -0.1) is 0 Å². The number of hydrogen-bond donors (Lipinski definition) is 1. The lowest BCUT2D eigenvalue weighted by Crippen LogP contribution is -2.41. The lowest BCUT2D eigenvalue weighted by molar-refractivity contribution is 0.207. The molecule has 1 aliphatic carbocycles. The average molecular weight is 191 g/mol. The zero-order valence-electron chi connectivity index (χ0n) is 8.61. The predicted molar refractivity (Wildman–Crippen MR) is 55.3 cm³/mol. The maximum Gasteiger partial charge on any atom is 0.0950 e. The summed E-state index contributed by atoms with van der Waals surface area (Å²) in [6.07, 6.45) is 6.74. The summed E-state index contributed by atoms with van der Waals surface area (Å²) in [7, 11) is 0. The molecule has 3 rings (SSSR count). The van der Waals surface area contributed by atoms with E-state index in [0.717, 1.165) is 25.0 Å². The van der Waals surface area contributed by atoms with Gasteiger partial charge in [0.2, 0.25) is 0 Å². The van der Waals surface area contributed by atoms with Crippen molar-refractivity contribution >= 4 is 0 Å². The Labute approximate surface area is 84.5 Å². The van der Waals surface area contributed by atoms with Crippen molar-refractivity contribution in [3.8, 4) is 0 Å². The molecule has 0 radical (unpaired) electrons. The molecule has 0 aromatic carbocycles. The molecule has 0 unspecified atom stereocenters.